The molecule has 2 saturated carbocycles. The molecule has 2 fully saturated rings. The first-order valence-electron chi connectivity index (χ1n) is 8.79. The van der Waals surface area contributed by atoms with Crippen molar-refractivity contribution in [2.45, 2.75) is 80.1 Å². The molecule has 0 heteroatoms. The van der Waals surface area contributed by atoms with E-state index in [1.165, 1.54) is 38.5 Å². The molecule has 0 aliphatic heterocycles. The monoisotopic (exact) mass is 264 g/mol. The molecular weight excluding hydrogens is 228 g/mol. The normalized spacial score (nSPS) is 45.2. The molecule has 0 radical (unpaired) electrons. The van der Waals surface area contributed by atoms with E-state index in [4.69, 9.17) is 0 Å². The van der Waals surface area contributed by atoms with Crippen LogP contribution in [-0.2, 0) is 0 Å². The standard InChI is InChI=1S/C19H36/c1-13-7-9-16(10-8-13)17-11-14(2)18(15(3)12-17)19(4,5)6/h13-18H,7-12H2,1-6H3. The fraction of sp³-hybridized carbons (Fsp3) is 1.00. The maximum absolute atomic E-state index is 2.53. The van der Waals surface area contributed by atoms with Gasteiger partial charge in [0.25, 0.3) is 0 Å². The van der Waals surface area contributed by atoms with Gasteiger partial charge in [-0.25, -0.2) is 0 Å². The van der Waals surface area contributed by atoms with Gasteiger partial charge >= 0.3 is 0 Å². The van der Waals surface area contributed by atoms with Gasteiger partial charge in [-0.3, -0.25) is 0 Å². The Bertz CT molecular complexity index is 265. The summed E-state index contributed by atoms with van der Waals surface area (Å²) in [6, 6.07) is 0. The first-order valence-corrected chi connectivity index (χ1v) is 8.79. The van der Waals surface area contributed by atoms with Crippen molar-refractivity contribution in [3.63, 3.8) is 0 Å². The summed E-state index contributed by atoms with van der Waals surface area (Å²) in [5.74, 6) is 5.86. The summed E-state index contributed by atoms with van der Waals surface area (Å²) >= 11 is 0. The second-order valence-corrected chi connectivity index (χ2v) is 9.10. The van der Waals surface area contributed by atoms with Gasteiger partial charge in [0, 0.05) is 0 Å². The largest absolute Gasteiger partial charge is 0.0625 e. The number of rotatable bonds is 1. The van der Waals surface area contributed by atoms with E-state index in [1.54, 1.807) is 0 Å². The molecule has 0 nitrogen and oxygen atoms in total. The van der Waals surface area contributed by atoms with Crippen molar-refractivity contribution in [2.75, 3.05) is 0 Å². The van der Waals surface area contributed by atoms with Gasteiger partial charge in [-0.2, -0.15) is 0 Å². The zero-order valence-corrected chi connectivity index (χ0v) is 14.2. The predicted molar refractivity (Wildman–Crippen MR) is 85.1 cm³/mol. The Morgan fingerprint density at radius 1 is 0.684 bits per heavy atom. The molecule has 19 heavy (non-hydrogen) atoms. The minimum absolute atomic E-state index is 0.491. The van der Waals surface area contributed by atoms with E-state index in [2.05, 4.69) is 41.5 Å². The first kappa shape index (κ1) is 15.4. The number of hydrogen-bond acceptors (Lipinski definition) is 0. The topological polar surface area (TPSA) is 0 Å². The highest BCUT2D eigenvalue weighted by molar-refractivity contribution is 4.91. The average Bonchev–Trinajstić information content (AvgIpc) is 2.26. The summed E-state index contributed by atoms with van der Waals surface area (Å²) in [6.07, 6.45) is 9.03. The van der Waals surface area contributed by atoms with Crippen LogP contribution < -0.4 is 0 Å². The van der Waals surface area contributed by atoms with E-state index >= 15 is 0 Å². The maximum Gasteiger partial charge on any atom is -0.0314 e. The minimum atomic E-state index is 0.491. The molecule has 0 saturated heterocycles. The third kappa shape index (κ3) is 3.56. The Morgan fingerprint density at radius 3 is 1.58 bits per heavy atom. The van der Waals surface area contributed by atoms with Gasteiger partial charge in [-0.05, 0) is 66.6 Å². The van der Waals surface area contributed by atoms with Crippen LogP contribution >= 0.6 is 0 Å². The third-order valence-electron chi connectivity index (χ3n) is 6.30. The molecule has 0 spiro atoms. The summed E-state index contributed by atoms with van der Waals surface area (Å²) in [5, 5.41) is 0. The van der Waals surface area contributed by atoms with Gasteiger partial charge in [0.05, 0.1) is 0 Å². The smallest absolute Gasteiger partial charge is 0.0314 e. The highest BCUT2D eigenvalue weighted by Gasteiger charge is 2.41. The predicted octanol–water partition coefficient (Wildman–Crippen LogP) is 6.16. The van der Waals surface area contributed by atoms with E-state index in [9.17, 15) is 0 Å². The Morgan fingerprint density at radius 2 is 1.16 bits per heavy atom. The minimum Gasteiger partial charge on any atom is -0.0625 e. The molecule has 112 valence electrons. The zero-order chi connectivity index (χ0) is 14.2. The summed E-state index contributed by atoms with van der Waals surface area (Å²) in [4.78, 5) is 0. The Balaban J connectivity index is 1.97. The van der Waals surface area contributed by atoms with Gasteiger partial charge in [-0.15, -0.1) is 0 Å². The van der Waals surface area contributed by atoms with E-state index in [-0.39, 0.29) is 0 Å². The van der Waals surface area contributed by atoms with Crippen LogP contribution in [-0.4, -0.2) is 0 Å². The van der Waals surface area contributed by atoms with Crippen LogP contribution in [0.2, 0.25) is 0 Å². The van der Waals surface area contributed by atoms with Crippen LogP contribution in [0.25, 0.3) is 0 Å². The quantitative estimate of drug-likeness (QED) is 0.532. The van der Waals surface area contributed by atoms with E-state index in [0.29, 0.717) is 5.41 Å². The van der Waals surface area contributed by atoms with E-state index in [1.807, 2.05) is 0 Å². The zero-order valence-electron chi connectivity index (χ0n) is 14.2. The molecule has 2 aliphatic rings. The van der Waals surface area contributed by atoms with Crippen molar-refractivity contribution >= 4 is 0 Å². The lowest BCUT2D eigenvalue weighted by Gasteiger charge is -2.48. The van der Waals surface area contributed by atoms with Crippen molar-refractivity contribution in [2.24, 2.45) is 40.9 Å². The second kappa shape index (κ2) is 5.78. The molecule has 0 aromatic rings. The summed E-state index contributed by atoms with van der Waals surface area (Å²) < 4.78 is 0. The molecule has 0 amide bonds. The average molecular weight is 264 g/mol. The fourth-order valence-electron chi connectivity index (χ4n) is 5.75. The van der Waals surface area contributed by atoms with Crippen molar-refractivity contribution in [1.82, 2.24) is 0 Å². The maximum atomic E-state index is 2.53. The highest BCUT2D eigenvalue weighted by atomic mass is 14.5. The van der Waals surface area contributed by atoms with Crippen LogP contribution in [0.4, 0.5) is 0 Å². The van der Waals surface area contributed by atoms with Gasteiger partial charge in [-0.1, -0.05) is 54.4 Å². The first-order chi connectivity index (χ1) is 8.79. The molecule has 0 aromatic heterocycles. The Hall–Kier alpha value is 0. The molecule has 0 aromatic carbocycles. The molecule has 0 heterocycles. The fourth-order valence-corrected chi connectivity index (χ4v) is 5.75. The summed E-state index contributed by atoms with van der Waals surface area (Å²) in [5.41, 5.74) is 0.491. The lowest BCUT2D eigenvalue weighted by molar-refractivity contribution is 0.0122. The van der Waals surface area contributed by atoms with Gasteiger partial charge in [0.1, 0.15) is 0 Å². The molecule has 2 rings (SSSR count). The molecule has 2 aliphatic carbocycles. The Kier molecular flexibility index (Phi) is 4.68. The third-order valence-corrected chi connectivity index (χ3v) is 6.30. The van der Waals surface area contributed by atoms with Crippen molar-refractivity contribution in [3.05, 3.63) is 0 Å². The Labute approximate surface area is 121 Å². The lowest BCUT2D eigenvalue weighted by atomic mass is 9.57. The van der Waals surface area contributed by atoms with Crippen molar-refractivity contribution < 1.29 is 0 Å². The van der Waals surface area contributed by atoms with E-state index in [0.717, 1.165) is 35.5 Å². The van der Waals surface area contributed by atoms with Crippen LogP contribution in [0.3, 0.4) is 0 Å². The molecular formula is C19H36. The summed E-state index contributed by atoms with van der Waals surface area (Å²) in [6.45, 7) is 14.9. The van der Waals surface area contributed by atoms with Gasteiger partial charge in [0.2, 0.25) is 0 Å². The second-order valence-electron chi connectivity index (χ2n) is 9.10. The van der Waals surface area contributed by atoms with Crippen LogP contribution in [0.5, 0.6) is 0 Å². The number of hydrogen-bond donors (Lipinski definition) is 0. The van der Waals surface area contributed by atoms with Crippen LogP contribution in [0, 0.1) is 40.9 Å². The molecule has 2 atom stereocenters. The summed E-state index contributed by atoms with van der Waals surface area (Å²) in [7, 11) is 0. The van der Waals surface area contributed by atoms with Gasteiger partial charge in [0.15, 0.2) is 0 Å². The lowest BCUT2D eigenvalue weighted by Crippen LogP contribution is -2.40. The molecule has 0 bridgehead atoms. The van der Waals surface area contributed by atoms with Crippen LogP contribution in [0.1, 0.15) is 80.1 Å². The highest BCUT2D eigenvalue weighted by Crippen LogP contribution is 2.50. The van der Waals surface area contributed by atoms with Crippen molar-refractivity contribution in [3.8, 4) is 0 Å². The van der Waals surface area contributed by atoms with E-state index < -0.39 is 0 Å². The SMILES string of the molecule is CC1CCC(C2CC(C)C(C(C)(C)C)C(C)C2)CC1. The van der Waals surface area contributed by atoms with Crippen molar-refractivity contribution in [1.29, 1.82) is 0 Å². The molecule has 0 N–H and O–H groups in total. The molecule has 2 unspecified atom stereocenters. The van der Waals surface area contributed by atoms with Crippen LogP contribution in [0.15, 0.2) is 0 Å². The van der Waals surface area contributed by atoms with Gasteiger partial charge < -0.3 is 0 Å².